The fraction of sp³-hybridized carbons (Fsp3) is 0.750. The van der Waals surface area contributed by atoms with Crippen LogP contribution in [-0.2, 0) is 19.1 Å². The number of fused-ring (bicyclic) bond motifs is 5. The molecule has 1 unspecified atom stereocenters. The minimum atomic E-state index is -0.502. The molecule has 4 heteroatoms. The molecule has 4 aliphatic rings. The van der Waals surface area contributed by atoms with Gasteiger partial charge >= 0.3 is 11.9 Å². The van der Waals surface area contributed by atoms with Crippen molar-refractivity contribution < 1.29 is 19.1 Å². The average Bonchev–Trinajstić information content (AvgIpc) is 2.93. The molecule has 0 amide bonds. The van der Waals surface area contributed by atoms with Crippen LogP contribution < -0.4 is 0 Å². The second-order valence-corrected chi connectivity index (χ2v) is 9.73. The van der Waals surface area contributed by atoms with E-state index < -0.39 is 5.60 Å². The van der Waals surface area contributed by atoms with Crippen LogP contribution in [0, 0.1) is 29.1 Å². The van der Waals surface area contributed by atoms with Crippen molar-refractivity contribution in [3.8, 4) is 0 Å². The molecule has 0 aromatic rings. The Kier molecular flexibility index (Phi) is 4.96. The molecule has 3 saturated carbocycles. The topological polar surface area (TPSA) is 52.6 Å². The summed E-state index contributed by atoms with van der Waals surface area (Å²) < 4.78 is 11.4. The molecular formula is C24H34O4. The van der Waals surface area contributed by atoms with E-state index in [1.54, 1.807) is 0 Å². The molecule has 0 radical (unpaired) electrons. The molecular weight excluding hydrogens is 352 g/mol. The molecule has 7 atom stereocenters. The van der Waals surface area contributed by atoms with Crippen LogP contribution >= 0.6 is 0 Å². The Balaban J connectivity index is 1.56. The summed E-state index contributed by atoms with van der Waals surface area (Å²) in [7, 11) is 0. The van der Waals surface area contributed by atoms with E-state index in [0.29, 0.717) is 23.7 Å². The van der Waals surface area contributed by atoms with E-state index in [2.05, 4.69) is 19.6 Å². The first-order valence-electron chi connectivity index (χ1n) is 11.0. The molecule has 4 rings (SSSR count). The highest BCUT2D eigenvalue weighted by Gasteiger charge is 2.63. The Labute approximate surface area is 168 Å². The lowest BCUT2D eigenvalue weighted by Gasteiger charge is -2.56. The number of carbonyl (C=O) groups is 2. The molecule has 4 nitrogen and oxygen atoms in total. The van der Waals surface area contributed by atoms with Crippen LogP contribution in [0.25, 0.3) is 0 Å². The maximum atomic E-state index is 11.8. The Bertz CT molecular complexity index is 709. The van der Waals surface area contributed by atoms with E-state index in [1.165, 1.54) is 32.3 Å². The van der Waals surface area contributed by atoms with Crippen molar-refractivity contribution in [1.29, 1.82) is 0 Å². The summed E-state index contributed by atoms with van der Waals surface area (Å²) in [6.07, 6.45) is 12.9. The van der Waals surface area contributed by atoms with Crippen molar-refractivity contribution in [2.75, 3.05) is 0 Å². The Morgan fingerprint density at radius 3 is 2.54 bits per heavy atom. The number of hydrogen-bond donors (Lipinski definition) is 0. The van der Waals surface area contributed by atoms with Crippen LogP contribution in [-0.4, -0.2) is 23.6 Å². The fourth-order valence-corrected chi connectivity index (χ4v) is 7.44. The first-order valence-corrected chi connectivity index (χ1v) is 11.0. The molecule has 154 valence electrons. The van der Waals surface area contributed by atoms with Gasteiger partial charge in [-0.25, -0.2) is 0 Å². The summed E-state index contributed by atoms with van der Waals surface area (Å²) in [5.74, 6) is 2.28. The molecule has 3 fully saturated rings. The van der Waals surface area contributed by atoms with E-state index >= 15 is 0 Å². The van der Waals surface area contributed by atoms with Crippen molar-refractivity contribution in [2.24, 2.45) is 29.1 Å². The number of allylic oxidation sites excluding steroid dienone is 1. The standard InChI is InChI=1S/C24H34O4/c1-5-24(28-16(3)26)13-11-22-21-8-6-17-14-18(27-15(2)25)7-9-19(17)20(21)10-12-23(22,24)4/h5,14,18-22H,1,6-13H2,2-4H3/t18?,19-,20+,21+,22-,23-,24-/m0/s1. The van der Waals surface area contributed by atoms with Gasteiger partial charge in [0.05, 0.1) is 0 Å². The van der Waals surface area contributed by atoms with Crippen LogP contribution in [0.3, 0.4) is 0 Å². The van der Waals surface area contributed by atoms with Crippen molar-refractivity contribution in [2.45, 2.75) is 83.8 Å². The van der Waals surface area contributed by atoms with Gasteiger partial charge in [0.15, 0.2) is 0 Å². The maximum Gasteiger partial charge on any atom is 0.303 e. The SMILES string of the molecule is C=C[C@]1(OC(C)=O)CC[C@H]2[C@@H]3CCC4=CC(OC(C)=O)CC[C@@H]4[C@H]3CC[C@@]21C. The lowest BCUT2D eigenvalue weighted by molar-refractivity contribution is -0.169. The summed E-state index contributed by atoms with van der Waals surface area (Å²) in [4.78, 5) is 23.2. The van der Waals surface area contributed by atoms with Gasteiger partial charge in [-0.05, 0) is 87.2 Å². The Morgan fingerprint density at radius 2 is 1.86 bits per heavy atom. The van der Waals surface area contributed by atoms with Gasteiger partial charge in [0.2, 0.25) is 0 Å². The van der Waals surface area contributed by atoms with E-state index in [1.807, 2.05) is 6.08 Å². The van der Waals surface area contributed by atoms with Crippen molar-refractivity contribution in [1.82, 2.24) is 0 Å². The first kappa shape index (κ1) is 19.7. The van der Waals surface area contributed by atoms with Crippen LogP contribution in [0.2, 0.25) is 0 Å². The lowest BCUT2D eigenvalue weighted by Crippen LogP contribution is -2.53. The largest absolute Gasteiger partial charge is 0.458 e. The second kappa shape index (κ2) is 7.03. The highest BCUT2D eigenvalue weighted by molar-refractivity contribution is 5.67. The zero-order valence-corrected chi connectivity index (χ0v) is 17.5. The van der Waals surface area contributed by atoms with Gasteiger partial charge in [-0.1, -0.05) is 19.1 Å². The van der Waals surface area contributed by atoms with Gasteiger partial charge in [-0.15, -0.1) is 0 Å². The van der Waals surface area contributed by atoms with Crippen molar-refractivity contribution in [3.05, 3.63) is 24.3 Å². The van der Waals surface area contributed by atoms with Gasteiger partial charge in [0.25, 0.3) is 0 Å². The lowest BCUT2D eigenvalue weighted by atomic mass is 9.50. The minimum absolute atomic E-state index is 0.00223. The summed E-state index contributed by atoms with van der Waals surface area (Å²) in [5.41, 5.74) is 1.02. The molecule has 0 bridgehead atoms. The van der Waals surface area contributed by atoms with E-state index in [0.717, 1.165) is 38.5 Å². The van der Waals surface area contributed by atoms with Gasteiger partial charge in [0, 0.05) is 19.3 Å². The van der Waals surface area contributed by atoms with Gasteiger partial charge < -0.3 is 9.47 Å². The molecule has 28 heavy (non-hydrogen) atoms. The number of rotatable bonds is 3. The third-order valence-electron chi connectivity index (χ3n) is 8.57. The summed E-state index contributed by atoms with van der Waals surface area (Å²) in [6.45, 7) is 9.44. The molecule has 0 heterocycles. The van der Waals surface area contributed by atoms with Crippen LogP contribution in [0.1, 0.15) is 72.1 Å². The fourth-order valence-electron chi connectivity index (χ4n) is 7.44. The highest BCUT2D eigenvalue weighted by atomic mass is 16.6. The Hall–Kier alpha value is -1.58. The molecule has 0 saturated heterocycles. The highest BCUT2D eigenvalue weighted by Crippen LogP contribution is 2.66. The van der Waals surface area contributed by atoms with Gasteiger partial charge in [-0.2, -0.15) is 0 Å². The van der Waals surface area contributed by atoms with Crippen LogP contribution in [0.4, 0.5) is 0 Å². The summed E-state index contributed by atoms with van der Waals surface area (Å²) >= 11 is 0. The third-order valence-corrected chi connectivity index (χ3v) is 8.57. The van der Waals surface area contributed by atoms with E-state index in [9.17, 15) is 9.59 Å². The zero-order valence-electron chi connectivity index (χ0n) is 17.5. The molecule has 0 N–H and O–H groups in total. The zero-order chi connectivity index (χ0) is 20.1. The molecule has 0 aromatic heterocycles. The van der Waals surface area contributed by atoms with Crippen LogP contribution in [0.5, 0.6) is 0 Å². The van der Waals surface area contributed by atoms with Gasteiger partial charge in [-0.3, -0.25) is 9.59 Å². The second-order valence-electron chi connectivity index (χ2n) is 9.73. The normalized spacial score (nSPS) is 44.4. The molecule has 4 aliphatic carbocycles. The average molecular weight is 387 g/mol. The van der Waals surface area contributed by atoms with Crippen molar-refractivity contribution >= 4 is 11.9 Å². The van der Waals surface area contributed by atoms with Gasteiger partial charge in [0.1, 0.15) is 11.7 Å². The number of esters is 2. The number of hydrogen-bond acceptors (Lipinski definition) is 4. The van der Waals surface area contributed by atoms with Crippen LogP contribution in [0.15, 0.2) is 24.3 Å². The van der Waals surface area contributed by atoms with Crippen molar-refractivity contribution in [3.63, 3.8) is 0 Å². The number of carbonyl (C=O) groups excluding carboxylic acids is 2. The summed E-state index contributed by atoms with van der Waals surface area (Å²) in [6, 6.07) is 0. The third kappa shape index (κ3) is 2.95. The Morgan fingerprint density at radius 1 is 1.07 bits per heavy atom. The predicted octanol–water partition coefficient (Wildman–Crippen LogP) is 4.98. The molecule has 0 spiro atoms. The quantitative estimate of drug-likeness (QED) is 0.507. The van der Waals surface area contributed by atoms with E-state index in [4.69, 9.17) is 9.47 Å². The molecule has 0 aromatic carbocycles. The monoisotopic (exact) mass is 386 g/mol. The smallest absolute Gasteiger partial charge is 0.303 e. The summed E-state index contributed by atoms with van der Waals surface area (Å²) in [5, 5.41) is 0. The maximum absolute atomic E-state index is 11.8. The minimum Gasteiger partial charge on any atom is -0.458 e. The first-order chi connectivity index (χ1) is 13.3. The molecule has 0 aliphatic heterocycles. The van der Waals surface area contributed by atoms with E-state index in [-0.39, 0.29) is 23.5 Å². The predicted molar refractivity (Wildman–Crippen MR) is 107 cm³/mol. The number of ether oxygens (including phenoxy) is 2.